The molecule has 2 fully saturated rings. The van der Waals surface area contributed by atoms with Crippen molar-refractivity contribution in [1.82, 2.24) is 10.1 Å². The molecule has 88 valence electrons. The van der Waals surface area contributed by atoms with E-state index in [-0.39, 0.29) is 18.1 Å². The van der Waals surface area contributed by atoms with Crippen molar-refractivity contribution in [3.63, 3.8) is 0 Å². The van der Waals surface area contributed by atoms with Gasteiger partial charge in [0.1, 0.15) is 6.10 Å². The molecule has 16 heavy (non-hydrogen) atoms. The fourth-order valence-electron chi connectivity index (χ4n) is 2.61. The van der Waals surface area contributed by atoms with Crippen molar-refractivity contribution in [2.75, 3.05) is 6.61 Å². The quantitative estimate of drug-likeness (QED) is 0.822. The van der Waals surface area contributed by atoms with Gasteiger partial charge in [0.15, 0.2) is 0 Å². The largest absolute Gasteiger partial charge is 0.370 e. The van der Waals surface area contributed by atoms with Crippen LogP contribution in [-0.4, -0.2) is 22.8 Å². The fourth-order valence-corrected chi connectivity index (χ4v) is 2.61. The number of nitrogens with zero attached hydrogens (tertiary/aromatic N) is 2. The van der Waals surface area contributed by atoms with Crippen LogP contribution >= 0.6 is 0 Å². The molecule has 1 aliphatic carbocycles. The number of ether oxygens (including phenoxy) is 1. The minimum atomic E-state index is 0.0372. The minimum absolute atomic E-state index is 0.0372. The second kappa shape index (κ2) is 4.14. The van der Waals surface area contributed by atoms with E-state index in [1.54, 1.807) is 0 Å². The molecule has 0 radical (unpaired) electrons. The van der Waals surface area contributed by atoms with Crippen molar-refractivity contribution in [2.24, 2.45) is 5.73 Å². The Balaban J connectivity index is 1.76. The predicted molar refractivity (Wildman–Crippen MR) is 56.8 cm³/mol. The topological polar surface area (TPSA) is 74.2 Å². The van der Waals surface area contributed by atoms with Crippen molar-refractivity contribution >= 4 is 0 Å². The van der Waals surface area contributed by atoms with Crippen LogP contribution in [0.15, 0.2) is 4.52 Å². The second-order valence-electron chi connectivity index (χ2n) is 4.69. The summed E-state index contributed by atoms with van der Waals surface area (Å²) in [5, 5.41) is 4.01. The molecule has 5 heteroatoms. The molecule has 3 atom stereocenters. The normalized spacial score (nSPS) is 34.7. The van der Waals surface area contributed by atoms with Crippen LogP contribution in [-0.2, 0) is 4.74 Å². The van der Waals surface area contributed by atoms with Gasteiger partial charge in [-0.1, -0.05) is 11.6 Å². The van der Waals surface area contributed by atoms with Crippen LogP contribution in [0.2, 0.25) is 0 Å². The Hall–Kier alpha value is -0.940. The van der Waals surface area contributed by atoms with Crippen LogP contribution in [0, 0.1) is 0 Å². The molecule has 1 aromatic heterocycles. The molecular weight excluding hydrogens is 206 g/mol. The van der Waals surface area contributed by atoms with Crippen LogP contribution in [0.4, 0.5) is 0 Å². The van der Waals surface area contributed by atoms with Crippen LogP contribution in [0.1, 0.15) is 55.8 Å². The highest BCUT2D eigenvalue weighted by atomic mass is 16.5. The Morgan fingerprint density at radius 2 is 2.12 bits per heavy atom. The van der Waals surface area contributed by atoms with Crippen LogP contribution < -0.4 is 5.73 Å². The van der Waals surface area contributed by atoms with Gasteiger partial charge in [0.25, 0.3) is 0 Å². The van der Waals surface area contributed by atoms with Crippen molar-refractivity contribution in [2.45, 2.75) is 50.2 Å². The third kappa shape index (κ3) is 1.74. The van der Waals surface area contributed by atoms with E-state index in [0.29, 0.717) is 11.7 Å². The van der Waals surface area contributed by atoms with Crippen molar-refractivity contribution in [3.05, 3.63) is 11.7 Å². The lowest BCUT2D eigenvalue weighted by Gasteiger charge is -2.09. The van der Waals surface area contributed by atoms with Gasteiger partial charge in [-0.2, -0.15) is 4.98 Å². The lowest BCUT2D eigenvalue weighted by Crippen LogP contribution is -2.22. The first-order valence-corrected chi connectivity index (χ1v) is 6.05. The second-order valence-corrected chi connectivity index (χ2v) is 4.69. The van der Waals surface area contributed by atoms with Gasteiger partial charge in [-0.15, -0.1) is 0 Å². The van der Waals surface area contributed by atoms with Gasteiger partial charge in [-0.3, -0.25) is 0 Å². The Morgan fingerprint density at radius 3 is 2.81 bits per heavy atom. The lowest BCUT2D eigenvalue weighted by atomic mass is 10.1. The zero-order valence-electron chi connectivity index (χ0n) is 9.26. The molecule has 5 nitrogen and oxygen atoms in total. The third-order valence-corrected chi connectivity index (χ3v) is 3.56. The summed E-state index contributed by atoms with van der Waals surface area (Å²) in [4.78, 5) is 4.44. The number of nitrogens with two attached hydrogens (primary N) is 1. The van der Waals surface area contributed by atoms with E-state index in [2.05, 4.69) is 10.1 Å². The lowest BCUT2D eigenvalue weighted by molar-refractivity contribution is 0.103. The Labute approximate surface area is 94.3 Å². The van der Waals surface area contributed by atoms with Crippen LogP contribution in [0.25, 0.3) is 0 Å². The molecule has 2 heterocycles. The molecule has 3 rings (SSSR count). The molecule has 3 unspecified atom stereocenters. The first-order chi connectivity index (χ1) is 7.84. The first kappa shape index (κ1) is 10.2. The molecule has 0 amide bonds. The summed E-state index contributed by atoms with van der Waals surface area (Å²) in [5.74, 6) is 1.66. The van der Waals surface area contributed by atoms with Gasteiger partial charge in [0, 0.05) is 12.6 Å². The summed E-state index contributed by atoms with van der Waals surface area (Å²) in [6, 6.07) is 0.179. The molecular formula is C11H17N3O2. The highest BCUT2D eigenvalue weighted by molar-refractivity contribution is 5.03. The standard InChI is InChI=1S/C11H17N3O2/c12-8-4-1-3-7(8)11-13-10(14-16-11)9-5-2-6-15-9/h7-9H,1-6,12H2. The Morgan fingerprint density at radius 1 is 1.19 bits per heavy atom. The monoisotopic (exact) mass is 223 g/mol. The molecule has 1 aromatic rings. The maximum Gasteiger partial charge on any atom is 0.231 e. The van der Waals surface area contributed by atoms with E-state index in [1.165, 1.54) is 0 Å². The molecule has 2 N–H and O–H groups in total. The zero-order chi connectivity index (χ0) is 11.0. The Bertz CT molecular complexity index is 360. The number of hydrogen-bond donors (Lipinski definition) is 1. The summed E-state index contributed by atoms with van der Waals surface area (Å²) in [6.45, 7) is 0.803. The van der Waals surface area contributed by atoms with Crippen molar-refractivity contribution in [3.8, 4) is 0 Å². The van der Waals surface area contributed by atoms with E-state index >= 15 is 0 Å². The van der Waals surface area contributed by atoms with E-state index in [1.807, 2.05) is 0 Å². The van der Waals surface area contributed by atoms with E-state index < -0.39 is 0 Å². The fraction of sp³-hybridized carbons (Fsp3) is 0.818. The molecule has 0 aromatic carbocycles. The maximum atomic E-state index is 6.01. The average Bonchev–Trinajstić information content (AvgIpc) is 2.96. The van der Waals surface area contributed by atoms with Gasteiger partial charge < -0.3 is 15.0 Å². The average molecular weight is 223 g/mol. The SMILES string of the molecule is NC1CCCC1c1nc(C2CCCO2)no1. The molecule has 0 spiro atoms. The number of rotatable bonds is 2. The van der Waals surface area contributed by atoms with Crippen molar-refractivity contribution in [1.29, 1.82) is 0 Å². The highest BCUT2D eigenvalue weighted by Gasteiger charge is 2.32. The van der Waals surface area contributed by atoms with Gasteiger partial charge in [-0.25, -0.2) is 0 Å². The van der Waals surface area contributed by atoms with Crippen LogP contribution in [0.3, 0.4) is 0 Å². The van der Waals surface area contributed by atoms with Crippen LogP contribution in [0.5, 0.6) is 0 Å². The summed E-state index contributed by atoms with van der Waals surface area (Å²) in [5.41, 5.74) is 6.01. The van der Waals surface area contributed by atoms with E-state index in [4.69, 9.17) is 15.0 Å². The van der Waals surface area contributed by atoms with E-state index in [0.717, 1.165) is 38.7 Å². The third-order valence-electron chi connectivity index (χ3n) is 3.56. The first-order valence-electron chi connectivity index (χ1n) is 6.05. The molecule has 0 bridgehead atoms. The van der Waals surface area contributed by atoms with Gasteiger partial charge in [0.2, 0.25) is 11.7 Å². The smallest absolute Gasteiger partial charge is 0.231 e. The van der Waals surface area contributed by atoms with Gasteiger partial charge in [-0.05, 0) is 25.7 Å². The summed E-state index contributed by atoms with van der Waals surface area (Å²) >= 11 is 0. The molecule has 2 aliphatic rings. The maximum absolute atomic E-state index is 6.01. The molecule has 1 aliphatic heterocycles. The van der Waals surface area contributed by atoms with E-state index in [9.17, 15) is 0 Å². The van der Waals surface area contributed by atoms with Gasteiger partial charge >= 0.3 is 0 Å². The van der Waals surface area contributed by atoms with Crippen molar-refractivity contribution < 1.29 is 9.26 Å². The zero-order valence-corrected chi connectivity index (χ0v) is 9.26. The summed E-state index contributed by atoms with van der Waals surface area (Å²) in [7, 11) is 0. The Kier molecular flexibility index (Phi) is 2.65. The number of hydrogen-bond acceptors (Lipinski definition) is 5. The predicted octanol–water partition coefficient (Wildman–Crippen LogP) is 1.52. The molecule has 1 saturated heterocycles. The van der Waals surface area contributed by atoms with Gasteiger partial charge in [0.05, 0.1) is 5.92 Å². The summed E-state index contributed by atoms with van der Waals surface area (Å²) < 4.78 is 10.8. The minimum Gasteiger partial charge on any atom is -0.370 e. The summed E-state index contributed by atoms with van der Waals surface area (Å²) in [6.07, 6.45) is 5.39. The highest BCUT2D eigenvalue weighted by Crippen LogP contribution is 2.34. The number of aromatic nitrogens is 2. The molecule has 1 saturated carbocycles.